The Hall–Kier alpha value is -1.89. The lowest BCUT2D eigenvalue weighted by atomic mass is 9.80. The first-order valence-corrected chi connectivity index (χ1v) is 10.8. The van der Waals surface area contributed by atoms with Crippen molar-refractivity contribution < 1.29 is 32.3 Å². The monoisotopic (exact) mass is 447 g/mol. The van der Waals surface area contributed by atoms with Gasteiger partial charge in [-0.05, 0) is 57.8 Å². The third-order valence-corrected chi connectivity index (χ3v) is 7.30. The number of aliphatic hydroxyl groups excluding tert-OH is 1. The number of carbonyl (C=O) groups excluding carboxylic acids is 2. The number of piperazine rings is 1. The lowest BCUT2D eigenvalue weighted by molar-refractivity contribution is -0.186. The lowest BCUT2D eigenvalue weighted by Crippen LogP contribution is -2.71. The zero-order valence-corrected chi connectivity index (χ0v) is 17.6. The summed E-state index contributed by atoms with van der Waals surface area (Å²) in [6.07, 6.45) is -4.41. The van der Waals surface area contributed by atoms with E-state index in [9.17, 15) is 32.3 Å². The molecular weight excluding hydrogens is 418 g/mol. The largest absolute Gasteiger partial charge is 0.393 e. The van der Waals surface area contributed by atoms with E-state index in [1.807, 2.05) is 6.07 Å². The van der Waals surface area contributed by atoms with Gasteiger partial charge < -0.3 is 14.9 Å². The second kappa shape index (κ2) is 8.93. The van der Waals surface area contributed by atoms with Gasteiger partial charge in [-0.2, -0.15) is 18.4 Å². The fourth-order valence-corrected chi connectivity index (χ4v) is 5.23. The molecule has 10 heteroatoms. The molecule has 1 aliphatic heterocycles. The smallest absolute Gasteiger partial charge is 0.391 e. The number of hydrogen-bond acceptors (Lipinski definition) is 4. The molecule has 3 aliphatic rings. The van der Waals surface area contributed by atoms with Gasteiger partial charge in [-0.25, -0.2) is 4.39 Å². The third-order valence-electron chi connectivity index (χ3n) is 7.30. The van der Waals surface area contributed by atoms with E-state index in [1.165, 1.54) is 16.7 Å². The van der Waals surface area contributed by atoms with Crippen LogP contribution >= 0.6 is 0 Å². The Balaban J connectivity index is 1.70. The zero-order chi connectivity index (χ0) is 23.0. The fourth-order valence-electron chi connectivity index (χ4n) is 5.23. The molecule has 0 aromatic carbocycles. The van der Waals surface area contributed by atoms with Gasteiger partial charge in [-0.15, -0.1) is 0 Å². The van der Waals surface area contributed by atoms with Gasteiger partial charge in [0.05, 0.1) is 24.6 Å². The van der Waals surface area contributed by atoms with Crippen LogP contribution in [0.15, 0.2) is 0 Å². The summed E-state index contributed by atoms with van der Waals surface area (Å²) < 4.78 is 53.5. The summed E-state index contributed by atoms with van der Waals surface area (Å²) in [5, 5.41) is 19.0. The minimum Gasteiger partial charge on any atom is -0.393 e. The van der Waals surface area contributed by atoms with E-state index in [0.717, 1.165) is 0 Å². The van der Waals surface area contributed by atoms with Gasteiger partial charge in [0.15, 0.2) is 0 Å². The Morgan fingerprint density at radius 3 is 2.32 bits per heavy atom. The number of carbonyl (C=O) groups is 2. The van der Waals surface area contributed by atoms with Gasteiger partial charge >= 0.3 is 6.18 Å². The Morgan fingerprint density at radius 1 is 1.16 bits per heavy atom. The van der Waals surface area contributed by atoms with Crippen molar-refractivity contribution in [2.24, 2.45) is 17.8 Å². The van der Waals surface area contributed by atoms with Crippen LogP contribution in [0.5, 0.6) is 0 Å². The first-order valence-electron chi connectivity index (χ1n) is 10.8. The molecule has 1 saturated heterocycles. The summed E-state index contributed by atoms with van der Waals surface area (Å²) in [7, 11) is 0. The van der Waals surface area contributed by atoms with E-state index in [4.69, 9.17) is 5.26 Å². The topological polar surface area (TPSA) is 84.6 Å². The summed E-state index contributed by atoms with van der Waals surface area (Å²) in [6.45, 7) is 0.542. The van der Waals surface area contributed by atoms with Crippen molar-refractivity contribution in [2.75, 3.05) is 19.7 Å². The maximum absolute atomic E-state index is 14.7. The van der Waals surface area contributed by atoms with Gasteiger partial charge in [-0.1, -0.05) is 0 Å². The van der Waals surface area contributed by atoms with Crippen LogP contribution in [0.3, 0.4) is 0 Å². The number of rotatable bonds is 4. The number of nitrogens with zero attached hydrogens (tertiary/aromatic N) is 3. The number of amides is 2. The van der Waals surface area contributed by atoms with Crippen LogP contribution in [0.25, 0.3) is 0 Å². The van der Waals surface area contributed by atoms with Crippen LogP contribution in [-0.4, -0.2) is 70.3 Å². The predicted octanol–water partition coefficient (Wildman–Crippen LogP) is 2.81. The SMILES string of the molecule is CC1(CO)C(=O)N(C2CCC(C#N)CC2F)CC(=O)N1CC1CCC(C(F)(F)F)CC1. The Kier molecular flexibility index (Phi) is 6.84. The van der Waals surface area contributed by atoms with Crippen LogP contribution in [0.4, 0.5) is 17.6 Å². The Morgan fingerprint density at radius 2 is 1.81 bits per heavy atom. The molecule has 0 aromatic heterocycles. The summed E-state index contributed by atoms with van der Waals surface area (Å²) in [4.78, 5) is 28.7. The molecule has 0 radical (unpaired) electrons. The molecule has 2 aliphatic carbocycles. The van der Waals surface area contributed by atoms with Gasteiger partial charge in [0.2, 0.25) is 5.91 Å². The van der Waals surface area contributed by atoms with Crippen molar-refractivity contribution in [3.8, 4) is 6.07 Å². The summed E-state index contributed by atoms with van der Waals surface area (Å²) in [6, 6.07) is 1.22. The molecule has 2 saturated carbocycles. The van der Waals surface area contributed by atoms with E-state index in [1.54, 1.807) is 0 Å². The van der Waals surface area contributed by atoms with Gasteiger partial charge in [0, 0.05) is 12.5 Å². The number of aliphatic hydroxyl groups is 1. The molecule has 0 spiro atoms. The summed E-state index contributed by atoms with van der Waals surface area (Å²) >= 11 is 0. The second-order valence-corrected chi connectivity index (χ2v) is 9.35. The van der Waals surface area contributed by atoms with Crippen LogP contribution in [0.1, 0.15) is 51.9 Å². The molecule has 1 N–H and O–H groups in total. The number of halogens is 4. The average Bonchev–Trinajstić information content (AvgIpc) is 2.73. The highest BCUT2D eigenvalue weighted by molar-refractivity contribution is 5.98. The first kappa shape index (κ1) is 23.8. The Bertz CT molecular complexity index is 732. The van der Waals surface area contributed by atoms with Crippen molar-refractivity contribution >= 4 is 11.8 Å². The maximum atomic E-state index is 14.7. The minimum absolute atomic E-state index is 0.00113. The lowest BCUT2D eigenvalue weighted by Gasteiger charge is -2.51. The van der Waals surface area contributed by atoms with Crippen molar-refractivity contribution in [1.82, 2.24) is 9.80 Å². The molecule has 174 valence electrons. The quantitative estimate of drug-likeness (QED) is 0.672. The maximum Gasteiger partial charge on any atom is 0.391 e. The molecule has 1 heterocycles. The highest BCUT2D eigenvalue weighted by atomic mass is 19.4. The van der Waals surface area contributed by atoms with Crippen LogP contribution in [-0.2, 0) is 9.59 Å². The van der Waals surface area contributed by atoms with Gasteiger partial charge in [0.1, 0.15) is 18.3 Å². The normalized spacial score (nSPS) is 37.6. The summed E-state index contributed by atoms with van der Waals surface area (Å²) in [5.74, 6) is -2.94. The third kappa shape index (κ3) is 4.66. The van der Waals surface area contributed by atoms with Crippen molar-refractivity contribution in [1.29, 1.82) is 5.26 Å². The molecule has 4 unspecified atom stereocenters. The molecule has 0 aromatic rings. The second-order valence-electron chi connectivity index (χ2n) is 9.35. The average molecular weight is 447 g/mol. The van der Waals surface area contributed by atoms with Crippen molar-refractivity contribution in [3.63, 3.8) is 0 Å². The number of nitriles is 1. The van der Waals surface area contributed by atoms with E-state index < -0.39 is 54.2 Å². The minimum atomic E-state index is -4.23. The van der Waals surface area contributed by atoms with E-state index in [2.05, 4.69) is 0 Å². The number of alkyl halides is 4. The zero-order valence-electron chi connectivity index (χ0n) is 17.6. The molecule has 3 fully saturated rings. The van der Waals surface area contributed by atoms with E-state index in [-0.39, 0.29) is 57.5 Å². The predicted molar refractivity (Wildman–Crippen MR) is 102 cm³/mol. The molecule has 31 heavy (non-hydrogen) atoms. The van der Waals surface area contributed by atoms with Crippen LogP contribution in [0.2, 0.25) is 0 Å². The van der Waals surface area contributed by atoms with Crippen molar-refractivity contribution in [2.45, 2.75) is 75.8 Å². The fraction of sp³-hybridized carbons (Fsp3) is 0.857. The van der Waals surface area contributed by atoms with E-state index in [0.29, 0.717) is 6.42 Å². The number of hydrogen-bond donors (Lipinski definition) is 1. The van der Waals surface area contributed by atoms with Crippen LogP contribution in [0, 0.1) is 29.1 Å². The summed E-state index contributed by atoms with van der Waals surface area (Å²) in [5.41, 5.74) is -1.58. The highest BCUT2D eigenvalue weighted by Crippen LogP contribution is 2.41. The molecule has 4 atom stereocenters. The van der Waals surface area contributed by atoms with Gasteiger partial charge in [0.25, 0.3) is 5.91 Å². The molecule has 0 bridgehead atoms. The molecule has 3 rings (SSSR count). The molecule has 2 amide bonds. The van der Waals surface area contributed by atoms with E-state index >= 15 is 0 Å². The van der Waals surface area contributed by atoms with Crippen LogP contribution < -0.4 is 0 Å². The molecule has 6 nitrogen and oxygen atoms in total. The van der Waals surface area contributed by atoms with Crippen molar-refractivity contribution in [3.05, 3.63) is 0 Å². The standard InChI is InChI=1S/C21H29F4N3O3/c1-20(12-29)19(31)27(17-7-4-14(9-26)8-16(17)22)11-18(30)28(20)10-13-2-5-15(6-3-13)21(23,24)25/h13-17,29H,2-8,10-12H2,1H3. The molecular formula is C21H29F4N3O3. The Labute approximate surface area is 179 Å². The van der Waals surface area contributed by atoms with Gasteiger partial charge in [-0.3, -0.25) is 9.59 Å². The highest BCUT2D eigenvalue weighted by Gasteiger charge is 2.53. The first-order chi connectivity index (χ1) is 14.5.